The number of carbonyl (C=O) groups excluding carboxylic acids is 1. The van der Waals surface area contributed by atoms with Crippen molar-refractivity contribution in [3.05, 3.63) is 64.4 Å². The van der Waals surface area contributed by atoms with Crippen molar-refractivity contribution in [3.8, 4) is 0 Å². The fourth-order valence-corrected chi connectivity index (χ4v) is 4.09. The van der Waals surface area contributed by atoms with Gasteiger partial charge >= 0.3 is 0 Å². The Morgan fingerprint density at radius 2 is 1.89 bits per heavy atom. The van der Waals surface area contributed by atoms with E-state index in [0.717, 1.165) is 16.1 Å². The standard InChI is InChI=1S/C20H24BrFN2O3S/c1-15(16-7-4-3-5-8-16)14-23-20(25)9-6-12-24(28(2,26)27)19-11-10-17(21)13-18(19)22/h3-5,7-8,10-11,13,15H,6,9,12,14H2,1-2H3,(H,23,25)/t15-/m0/s1. The highest BCUT2D eigenvalue weighted by molar-refractivity contribution is 9.10. The molecule has 5 nitrogen and oxygen atoms in total. The molecular formula is C20H24BrFN2O3S. The second-order valence-electron chi connectivity index (χ2n) is 6.65. The van der Waals surface area contributed by atoms with Crippen molar-refractivity contribution in [2.45, 2.75) is 25.7 Å². The number of nitrogens with zero attached hydrogens (tertiary/aromatic N) is 1. The molecule has 0 saturated carbocycles. The first kappa shape index (κ1) is 22.4. The molecule has 152 valence electrons. The van der Waals surface area contributed by atoms with Gasteiger partial charge in [-0.15, -0.1) is 0 Å². The summed E-state index contributed by atoms with van der Waals surface area (Å²) in [5, 5.41) is 2.86. The minimum Gasteiger partial charge on any atom is -0.356 e. The van der Waals surface area contributed by atoms with E-state index in [1.807, 2.05) is 37.3 Å². The summed E-state index contributed by atoms with van der Waals surface area (Å²) in [5.74, 6) is -0.622. The van der Waals surface area contributed by atoms with Crippen molar-refractivity contribution in [2.75, 3.05) is 23.7 Å². The quantitative estimate of drug-likeness (QED) is 0.600. The zero-order chi connectivity index (χ0) is 20.7. The summed E-state index contributed by atoms with van der Waals surface area (Å²) in [6, 6.07) is 14.1. The van der Waals surface area contributed by atoms with E-state index in [4.69, 9.17) is 0 Å². The lowest BCUT2D eigenvalue weighted by molar-refractivity contribution is -0.121. The highest BCUT2D eigenvalue weighted by Crippen LogP contribution is 2.25. The molecule has 1 amide bonds. The van der Waals surface area contributed by atoms with Gasteiger partial charge in [0.05, 0.1) is 11.9 Å². The second-order valence-corrected chi connectivity index (χ2v) is 9.47. The Bertz CT molecular complexity index is 907. The van der Waals surface area contributed by atoms with Crippen LogP contribution in [0.5, 0.6) is 0 Å². The Morgan fingerprint density at radius 1 is 1.21 bits per heavy atom. The number of hydrogen-bond donors (Lipinski definition) is 1. The zero-order valence-corrected chi connectivity index (χ0v) is 18.3. The highest BCUT2D eigenvalue weighted by atomic mass is 79.9. The van der Waals surface area contributed by atoms with E-state index in [-0.39, 0.29) is 36.9 Å². The molecule has 0 aliphatic rings. The first-order chi connectivity index (χ1) is 13.2. The summed E-state index contributed by atoms with van der Waals surface area (Å²) < 4.78 is 39.8. The fourth-order valence-electron chi connectivity index (χ4n) is 2.79. The van der Waals surface area contributed by atoms with Gasteiger partial charge in [-0.3, -0.25) is 9.10 Å². The summed E-state index contributed by atoms with van der Waals surface area (Å²) >= 11 is 3.15. The van der Waals surface area contributed by atoms with Crippen LogP contribution < -0.4 is 9.62 Å². The first-order valence-electron chi connectivity index (χ1n) is 8.93. The molecule has 0 aromatic heterocycles. The molecule has 0 spiro atoms. The van der Waals surface area contributed by atoms with Gasteiger partial charge in [0.2, 0.25) is 15.9 Å². The Kier molecular flexibility index (Phi) is 8.00. The second kappa shape index (κ2) is 10.0. The van der Waals surface area contributed by atoms with Crippen LogP contribution >= 0.6 is 15.9 Å². The summed E-state index contributed by atoms with van der Waals surface area (Å²) in [4.78, 5) is 12.1. The van der Waals surface area contributed by atoms with Gasteiger partial charge in [-0.2, -0.15) is 0 Å². The van der Waals surface area contributed by atoms with Crippen LogP contribution in [-0.4, -0.2) is 33.7 Å². The van der Waals surface area contributed by atoms with E-state index in [1.54, 1.807) is 6.07 Å². The number of hydrogen-bond acceptors (Lipinski definition) is 3. The van der Waals surface area contributed by atoms with Crippen molar-refractivity contribution in [1.29, 1.82) is 0 Å². The van der Waals surface area contributed by atoms with Gasteiger partial charge in [0, 0.05) is 24.0 Å². The van der Waals surface area contributed by atoms with Crippen LogP contribution in [0.1, 0.15) is 31.2 Å². The van der Waals surface area contributed by atoms with Crippen molar-refractivity contribution in [2.24, 2.45) is 0 Å². The Labute approximate surface area is 174 Å². The first-order valence-corrected chi connectivity index (χ1v) is 11.6. The topological polar surface area (TPSA) is 66.5 Å². The molecule has 0 aliphatic heterocycles. The number of benzene rings is 2. The van der Waals surface area contributed by atoms with Crippen molar-refractivity contribution in [1.82, 2.24) is 5.32 Å². The van der Waals surface area contributed by atoms with Crippen LogP contribution in [0, 0.1) is 5.82 Å². The van der Waals surface area contributed by atoms with E-state index in [2.05, 4.69) is 21.2 Å². The molecule has 8 heteroatoms. The average molecular weight is 471 g/mol. The molecule has 2 aromatic carbocycles. The Hall–Kier alpha value is -1.93. The van der Waals surface area contributed by atoms with E-state index in [9.17, 15) is 17.6 Å². The maximum absolute atomic E-state index is 14.2. The number of amides is 1. The van der Waals surface area contributed by atoms with Crippen LogP contribution in [0.2, 0.25) is 0 Å². The zero-order valence-electron chi connectivity index (χ0n) is 15.9. The molecule has 0 aliphatic carbocycles. The molecule has 2 rings (SSSR count). The molecule has 1 atom stereocenters. The minimum absolute atomic E-state index is 0.0243. The number of anilines is 1. The Morgan fingerprint density at radius 3 is 2.50 bits per heavy atom. The van der Waals surface area contributed by atoms with Gasteiger partial charge in [-0.05, 0) is 36.1 Å². The van der Waals surface area contributed by atoms with Gasteiger partial charge in [-0.1, -0.05) is 53.2 Å². The van der Waals surface area contributed by atoms with E-state index >= 15 is 0 Å². The molecule has 1 N–H and O–H groups in total. The molecule has 0 heterocycles. The van der Waals surface area contributed by atoms with Gasteiger partial charge in [0.1, 0.15) is 5.82 Å². The molecule has 28 heavy (non-hydrogen) atoms. The number of carbonyl (C=O) groups is 1. The molecule has 0 unspecified atom stereocenters. The summed E-state index contributed by atoms with van der Waals surface area (Å²) in [6.45, 7) is 2.55. The van der Waals surface area contributed by atoms with Crippen molar-refractivity contribution in [3.63, 3.8) is 0 Å². The van der Waals surface area contributed by atoms with E-state index in [0.29, 0.717) is 11.0 Å². The number of sulfonamides is 1. The molecule has 2 aromatic rings. The van der Waals surface area contributed by atoms with E-state index < -0.39 is 15.8 Å². The highest BCUT2D eigenvalue weighted by Gasteiger charge is 2.21. The maximum Gasteiger partial charge on any atom is 0.232 e. The average Bonchev–Trinajstić information content (AvgIpc) is 2.64. The molecule has 0 saturated heterocycles. The Balaban J connectivity index is 1.89. The van der Waals surface area contributed by atoms with Crippen molar-refractivity contribution < 1.29 is 17.6 Å². The van der Waals surface area contributed by atoms with Crippen LogP contribution in [0.15, 0.2) is 53.0 Å². The van der Waals surface area contributed by atoms with Crippen LogP contribution in [-0.2, 0) is 14.8 Å². The molecular weight excluding hydrogens is 447 g/mol. The predicted molar refractivity (Wildman–Crippen MR) is 113 cm³/mol. The number of rotatable bonds is 9. The maximum atomic E-state index is 14.2. The number of nitrogens with one attached hydrogen (secondary N) is 1. The van der Waals surface area contributed by atoms with Gasteiger partial charge in [0.15, 0.2) is 0 Å². The lowest BCUT2D eigenvalue weighted by Gasteiger charge is -2.23. The molecule has 0 bridgehead atoms. The van der Waals surface area contributed by atoms with Crippen molar-refractivity contribution >= 4 is 37.5 Å². The number of halogens is 2. The lowest BCUT2D eigenvalue weighted by Crippen LogP contribution is -2.33. The van der Waals surface area contributed by atoms with Gasteiger partial charge in [-0.25, -0.2) is 12.8 Å². The third-order valence-electron chi connectivity index (χ3n) is 4.32. The largest absolute Gasteiger partial charge is 0.356 e. The fraction of sp³-hybridized carbons (Fsp3) is 0.350. The monoisotopic (exact) mass is 470 g/mol. The smallest absolute Gasteiger partial charge is 0.232 e. The normalized spacial score (nSPS) is 12.4. The summed E-state index contributed by atoms with van der Waals surface area (Å²) in [7, 11) is -3.67. The minimum atomic E-state index is -3.67. The van der Waals surface area contributed by atoms with Gasteiger partial charge < -0.3 is 5.32 Å². The third-order valence-corrected chi connectivity index (χ3v) is 5.99. The van der Waals surface area contributed by atoms with Gasteiger partial charge in [0.25, 0.3) is 0 Å². The summed E-state index contributed by atoms with van der Waals surface area (Å²) in [5.41, 5.74) is 1.11. The molecule has 0 radical (unpaired) electrons. The lowest BCUT2D eigenvalue weighted by atomic mass is 10.0. The van der Waals surface area contributed by atoms with E-state index in [1.165, 1.54) is 12.1 Å². The predicted octanol–water partition coefficient (Wildman–Crippen LogP) is 4.05. The third kappa shape index (κ3) is 6.60. The van der Waals surface area contributed by atoms with Crippen LogP contribution in [0.3, 0.4) is 0 Å². The molecule has 0 fully saturated rings. The van der Waals surface area contributed by atoms with Crippen LogP contribution in [0.25, 0.3) is 0 Å². The summed E-state index contributed by atoms with van der Waals surface area (Å²) in [6.07, 6.45) is 1.47. The SMILES string of the molecule is C[C@@H](CNC(=O)CCCN(c1ccc(Br)cc1F)S(C)(=O)=O)c1ccccc1. The van der Waals surface area contributed by atoms with Crippen LogP contribution in [0.4, 0.5) is 10.1 Å².